The van der Waals surface area contributed by atoms with Gasteiger partial charge in [-0.3, -0.25) is 0 Å². The van der Waals surface area contributed by atoms with Gasteiger partial charge in [-0.15, -0.1) is 0 Å². The van der Waals surface area contributed by atoms with Gasteiger partial charge in [0, 0.05) is 0 Å². The zero-order valence-electron chi connectivity index (χ0n) is 8.92. The second-order valence-electron chi connectivity index (χ2n) is 3.29. The molecule has 0 aromatic heterocycles. The summed E-state index contributed by atoms with van der Waals surface area (Å²) in [6.45, 7) is 6.88. The molecule has 80 valence electrons. The van der Waals surface area contributed by atoms with E-state index in [0.717, 1.165) is 5.92 Å². The zero-order chi connectivity index (χ0) is 10.7. The summed E-state index contributed by atoms with van der Waals surface area (Å²) in [7, 11) is 0. The first-order valence-corrected chi connectivity index (χ1v) is 5.41. The van der Waals surface area contributed by atoms with Crippen LogP contribution in [0, 0.1) is 5.92 Å². The highest BCUT2D eigenvalue weighted by Crippen LogP contribution is 2.11. The Morgan fingerprint density at radius 2 is 1.85 bits per heavy atom. The minimum Gasteiger partial charge on any atom is -0.473 e. The Morgan fingerprint density at radius 3 is 2.15 bits per heavy atom. The second-order valence-corrected chi connectivity index (χ2v) is 3.67. The van der Waals surface area contributed by atoms with Crippen molar-refractivity contribution >= 4 is 17.9 Å². The van der Waals surface area contributed by atoms with Crippen molar-refractivity contribution in [1.29, 1.82) is 0 Å². The number of unbranched alkanes of at least 4 members (excludes halogenated alkanes) is 2. The molecule has 1 atom stereocenters. The lowest BCUT2D eigenvalue weighted by atomic mass is 10.0. The number of carbonyl (C=O) groups is 1. The Balaban J connectivity index is 0. The SMILES string of the molecule is CCCCCC(C)CC.O=C(O)S. The maximum absolute atomic E-state index is 8.86. The molecular weight excluding hydrogens is 184 g/mol. The highest BCUT2D eigenvalue weighted by atomic mass is 32.1. The van der Waals surface area contributed by atoms with Crippen LogP contribution in [0.15, 0.2) is 0 Å². The molecule has 0 saturated carbocycles. The third-order valence-corrected chi connectivity index (χ3v) is 2.00. The minimum absolute atomic E-state index is 0.955. The van der Waals surface area contributed by atoms with E-state index in [1.54, 1.807) is 0 Å². The molecule has 1 unspecified atom stereocenters. The molecule has 0 saturated heterocycles. The van der Waals surface area contributed by atoms with Crippen LogP contribution in [0.2, 0.25) is 0 Å². The third-order valence-electron chi connectivity index (χ3n) is 2.00. The lowest BCUT2D eigenvalue weighted by molar-refractivity contribution is 0.222. The maximum atomic E-state index is 8.86. The van der Waals surface area contributed by atoms with Crippen LogP contribution in [0.5, 0.6) is 0 Å². The van der Waals surface area contributed by atoms with Gasteiger partial charge < -0.3 is 5.11 Å². The largest absolute Gasteiger partial charge is 0.473 e. The number of hydrogen-bond donors (Lipinski definition) is 2. The molecule has 2 nitrogen and oxygen atoms in total. The molecule has 0 heterocycles. The van der Waals surface area contributed by atoms with Crippen molar-refractivity contribution in [3.63, 3.8) is 0 Å². The summed E-state index contributed by atoms with van der Waals surface area (Å²) in [6.07, 6.45) is 7.00. The van der Waals surface area contributed by atoms with Crippen molar-refractivity contribution in [3.8, 4) is 0 Å². The van der Waals surface area contributed by atoms with Crippen LogP contribution in [-0.4, -0.2) is 10.4 Å². The van der Waals surface area contributed by atoms with Crippen LogP contribution in [0.1, 0.15) is 52.9 Å². The van der Waals surface area contributed by atoms with E-state index < -0.39 is 5.30 Å². The summed E-state index contributed by atoms with van der Waals surface area (Å²) in [5.41, 5.74) is 0. The molecule has 0 spiro atoms. The molecule has 0 fully saturated rings. The molecule has 0 amide bonds. The van der Waals surface area contributed by atoms with Crippen LogP contribution in [-0.2, 0) is 0 Å². The van der Waals surface area contributed by atoms with Crippen molar-refractivity contribution in [3.05, 3.63) is 0 Å². The summed E-state index contributed by atoms with van der Waals surface area (Å²) < 4.78 is 0. The van der Waals surface area contributed by atoms with Crippen LogP contribution in [0.25, 0.3) is 0 Å². The predicted octanol–water partition coefficient (Wildman–Crippen LogP) is 4.21. The van der Waals surface area contributed by atoms with E-state index in [-0.39, 0.29) is 0 Å². The average molecular weight is 206 g/mol. The highest BCUT2D eigenvalue weighted by molar-refractivity contribution is 7.96. The van der Waals surface area contributed by atoms with Crippen LogP contribution < -0.4 is 0 Å². The summed E-state index contributed by atoms with van der Waals surface area (Å²) in [5.74, 6) is 0.955. The van der Waals surface area contributed by atoms with E-state index in [1.165, 1.54) is 32.1 Å². The van der Waals surface area contributed by atoms with Crippen molar-refractivity contribution in [2.75, 3.05) is 0 Å². The summed E-state index contributed by atoms with van der Waals surface area (Å²) in [6, 6.07) is 0. The Morgan fingerprint density at radius 1 is 1.38 bits per heavy atom. The highest BCUT2D eigenvalue weighted by Gasteiger charge is 1.95. The number of rotatable bonds is 5. The Labute approximate surface area is 87.1 Å². The number of thiol groups is 1. The fraction of sp³-hybridized carbons (Fsp3) is 0.900. The summed E-state index contributed by atoms with van der Waals surface area (Å²) in [4.78, 5) is 8.86. The molecule has 0 rings (SSSR count). The van der Waals surface area contributed by atoms with Gasteiger partial charge in [0.15, 0.2) is 0 Å². The van der Waals surface area contributed by atoms with Gasteiger partial charge in [0.25, 0.3) is 0 Å². The first-order valence-electron chi connectivity index (χ1n) is 4.96. The topological polar surface area (TPSA) is 37.3 Å². The van der Waals surface area contributed by atoms with Gasteiger partial charge in [-0.05, 0) is 5.92 Å². The quantitative estimate of drug-likeness (QED) is 0.522. The van der Waals surface area contributed by atoms with E-state index in [9.17, 15) is 0 Å². The van der Waals surface area contributed by atoms with Crippen LogP contribution in [0.4, 0.5) is 4.79 Å². The zero-order valence-corrected chi connectivity index (χ0v) is 9.81. The normalized spacial score (nSPS) is 11.4. The molecule has 0 aromatic carbocycles. The summed E-state index contributed by atoms with van der Waals surface area (Å²) in [5, 5.41) is 6.14. The van der Waals surface area contributed by atoms with Gasteiger partial charge in [0.05, 0.1) is 0 Å². The fourth-order valence-electron chi connectivity index (χ4n) is 0.947. The van der Waals surface area contributed by atoms with Gasteiger partial charge in [-0.2, -0.15) is 0 Å². The van der Waals surface area contributed by atoms with E-state index in [0.29, 0.717) is 0 Å². The van der Waals surface area contributed by atoms with Crippen molar-refractivity contribution in [2.24, 2.45) is 5.92 Å². The lowest BCUT2D eigenvalue weighted by Crippen LogP contribution is -1.90. The van der Waals surface area contributed by atoms with E-state index >= 15 is 0 Å². The monoisotopic (exact) mass is 206 g/mol. The Bertz CT molecular complexity index is 111. The average Bonchev–Trinajstić information content (AvgIpc) is 2.03. The standard InChI is InChI=1S/C9H20.CH2O2S/c1-4-6-7-8-9(3)5-2;2-1(3)4/h9H,4-8H2,1-3H3;4H,(H,2,3). The molecule has 0 aromatic rings. The Kier molecular flexibility index (Phi) is 13.9. The number of carboxylic acid groups (broad SMARTS) is 1. The molecule has 3 heteroatoms. The van der Waals surface area contributed by atoms with Crippen LogP contribution in [0.3, 0.4) is 0 Å². The maximum Gasteiger partial charge on any atom is 0.361 e. The van der Waals surface area contributed by atoms with Gasteiger partial charge in [-0.1, -0.05) is 65.5 Å². The van der Waals surface area contributed by atoms with Gasteiger partial charge in [0.2, 0.25) is 0 Å². The Hall–Kier alpha value is -0.180. The first kappa shape index (κ1) is 15.3. The fourth-order valence-corrected chi connectivity index (χ4v) is 0.947. The molecule has 1 N–H and O–H groups in total. The van der Waals surface area contributed by atoms with Crippen LogP contribution >= 0.6 is 12.6 Å². The molecule has 0 radical (unpaired) electrons. The van der Waals surface area contributed by atoms with E-state index in [4.69, 9.17) is 9.90 Å². The molecule has 0 aliphatic carbocycles. The second kappa shape index (κ2) is 11.8. The predicted molar refractivity (Wildman–Crippen MR) is 60.6 cm³/mol. The minimum atomic E-state index is -1.14. The molecule has 13 heavy (non-hydrogen) atoms. The molecule has 0 bridgehead atoms. The number of hydrogen-bond acceptors (Lipinski definition) is 1. The van der Waals surface area contributed by atoms with E-state index in [2.05, 4.69) is 33.4 Å². The lowest BCUT2D eigenvalue weighted by Gasteiger charge is -2.05. The van der Waals surface area contributed by atoms with Crippen molar-refractivity contribution in [1.82, 2.24) is 0 Å². The van der Waals surface area contributed by atoms with Gasteiger partial charge in [-0.25, -0.2) is 4.79 Å². The third kappa shape index (κ3) is 24.5. The molecule has 0 aliphatic heterocycles. The van der Waals surface area contributed by atoms with E-state index in [1.807, 2.05) is 0 Å². The molecular formula is C10H22O2S. The van der Waals surface area contributed by atoms with Crippen molar-refractivity contribution < 1.29 is 9.90 Å². The smallest absolute Gasteiger partial charge is 0.361 e. The molecule has 0 aliphatic rings. The summed E-state index contributed by atoms with van der Waals surface area (Å²) >= 11 is 2.88. The van der Waals surface area contributed by atoms with Gasteiger partial charge >= 0.3 is 5.30 Å². The van der Waals surface area contributed by atoms with Gasteiger partial charge in [0.1, 0.15) is 0 Å². The van der Waals surface area contributed by atoms with Crippen molar-refractivity contribution in [2.45, 2.75) is 52.9 Å². The first-order chi connectivity index (χ1) is 6.04.